The highest BCUT2D eigenvalue weighted by Crippen LogP contribution is 2.29. The number of rotatable bonds is 6. The number of nitrogens with two attached hydrogens (primary N) is 1. The lowest BCUT2D eigenvalue weighted by atomic mass is 9.79. The largest absolute Gasteiger partial charge is 0.381 e. The third-order valence-electron chi connectivity index (χ3n) is 4.10. The summed E-state index contributed by atoms with van der Waals surface area (Å²) >= 11 is 0. The summed E-state index contributed by atoms with van der Waals surface area (Å²) in [7, 11) is 0. The van der Waals surface area contributed by atoms with Crippen LogP contribution >= 0.6 is 0 Å². The lowest BCUT2D eigenvalue weighted by Gasteiger charge is -2.34. The molecule has 3 amide bonds. The van der Waals surface area contributed by atoms with Crippen molar-refractivity contribution in [3.63, 3.8) is 0 Å². The zero-order valence-corrected chi connectivity index (χ0v) is 12.6. The van der Waals surface area contributed by atoms with Gasteiger partial charge in [0.15, 0.2) is 0 Å². The Morgan fingerprint density at radius 3 is 2.45 bits per heavy atom. The highest BCUT2D eigenvalue weighted by Gasteiger charge is 2.38. The number of primary amides is 1. The van der Waals surface area contributed by atoms with Gasteiger partial charge in [-0.3, -0.25) is 4.79 Å². The molecule has 0 atom stereocenters. The Morgan fingerprint density at radius 2 is 1.82 bits per heavy atom. The minimum atomic E-state index is -0.685. The molecule has 1 aromatic rings. The van der Waals surface area contributed by atoms with Crippen LogP contribution in [0.2, 0.25) is 0 Å². The van der Waals surface area contributed by atoms with E-state index in [1.165, 1.54) is 5.56 Å². The quantitative estimate of drug-likeness (QED) is 0.726. The molecule has 4 N–H and O–H groups in total. The Labute approximate surface area is 130 Å². The van der Waals surface area contributed by atoms with Crippen molar-refractivity contribution >= 4 is 11.9 Å². The Kier molecular flexibility index (Phi) is 5.77. The van der Waals surface area contributed by atoms with Crippen LogP contribution in [-0.2, 0) is 16.0 Å². The van der Waals surface area contributed by atoms with Crippen molar-refractivity contribution in [2.45, 2.75) is 19.3 Å². The van der Waals surface area contributed by atoms with Gasteiger partial charge >= 0.3 is 6.03 Å². The number of carbonyl (C=O) groups is 2. The minimum absolute atomic E-state index is 0.253. The lowest BCUT2D eigenvalue weighted by Crippen LogP contribution is -2.51. The average molecular weight is 305 g/mol. The zero-order valence-electron chi connectivity index (χ0n) is 12.6. The van der Waals surface area contributed by atoms with Gasteiger partial charge in [-0.2, -0.15) is 0 Å². The fourth-order valence-corrected chi connectivity index (χ4v) is 2.55. The molecule has 1 saturated heterocycles. The summed E-state index contributed by atoms with van der Waals surface area (Å²) in [6.45, 7) is 1.80. The number of nitrogens with one attached hydrogen (secondary N) is 2. The lowest BCUT2D eigenvalue weighted by molar-refractivity contribution is -0.132. The van der Waals surface area contributed by atoms with Crippen molar-refractivity contribution in [3.8, 4) is 0 Å². The van der Waals surface area contributed by atoms with E-state index in [0.717, 1.165) is 6.42 Å². The first-order valence-corrected chi connectivity index (χ1v) is 7.56. The van der Waals surface area contributed by atoms with Gasteiger partial charge < -0.3 is 21.1 Å². The van der Waals surface area contributed by atoms with E-state index < -0.39 is 5.41 Å². The molecule has 1 heterocycles. The summed E-state index contributed by atoms with van der Waals surface area (Å²) in [4.78, 5) is 23.5. The Hall–Kier alpha value is -2.08. The Balaban J connectivity index is 1.73. The smallest absolute Gasteiger partial charge is 0.314 e. The number of hydrogen-bond donors (Lipinski definition) is 3. The fraction of sp³-hybridized carbons (Fsp3) is 0.500. The van der Waals surface area contributed by atoms with Gasteiger partial charge in [0, 0.05) is 26.3 Å². The molecular weight excluding hydrogens is 282 g/mol. The molecule has 1 aliphatic rings. The molecule has 0 saturated carbocycles. The maximum Gasteiger partial charge on any atom is 0.314 e. The van der Waals surface area contributed by atoms with Crippen molar-refractivity contribution in [2.75, 3.05) is 26.3 Å². The zero-order chi connectivity index (χ0) is 15.8. The first kappa shape index (κ1) is 16.3. The Morgan fingerprint density at radius 1 is 1.14 bits per heavy atom. The van der Waals surface area contributed by atoms with Gasteiger partial charge in [0.1, 0.15) is 0 Å². The highest BCUT2D eigenvalue weighted by atomic mass is 16.5. The Bertz CT molecular complexity index is 499. The summed E-state index contributed by atoms with van der Waals surface area (Å²) in [5.41, 5.74) is 5.98. The molecule has 22 heavy (non-hydrogen) atoms. The van der Waals surface area contributed by atoms with E-state index in [2.05, 4.69) is 10.6 Å². The molecule has 0 unspecified atom stereocenters. The monoisotopic (exact) mass is 305 g/mol. The van der Waals surface area contributed by atoms with Crippen LogP contribution < -0.4 is 16.4 Å². The van der Waals surface area contributed by atoms with Crippen LogP contribution in [0, 0.1) is 5.41 Å². The molecule has 1 aliphatic heterocycles. The summed E-state index contributed by atoms with van der Waals surface area (Å²) < 4.78 is 5.26. The maximum atomic E-state index is 11.8. The molecule has 1 fully saturated rings. The molecule has 1 aromatic carbocycles. The van der Waals surface area contributed by atoms with Crippen molar-refractivity contribution in [2.24, 2.45) is 11.1 Å². The van der Waals surface area contributed by atoms with Crippen LogP contribution in [0.3, 0.4) is 0 Å². The van der Waals surface area contributed by atoms with E-state index >= 15 is 0 Å². The molecule has 6 nitrogen and oxygen atoms in total. The molecule has 0 bridgehead atoms. The number of ether oxygens (including phenoxy) is 1. The standard InChI is InChI=1S/C16H23N3O3/c17-14(20)16(7-10-22-11-8-16)12-19-15(21)18-9-6-13-4-2-1-3-5-13/h1-5H,6-12H2,(H2,17,20)(H2,18,19,21). The predicted molar refractivity (Wildman–Crippen MR) is 83.2 cm³/mol. The number of benzene rings is 1. The van der Waals surface area contributed by atoms with Gasteiger partial charge in [0.25, 0.3) is 0 Å². The van der Waals surface area contributed by atoms with E-state index in [-0.39, 0.29) is 18.5 Å². The number of urea groups is 1. The summed E-state index contributed by atoms with van der Waals surface area (Å²) in [5.74, 6) is -0.375. The van der Waals surface area contributed by atoms with E-state index in [4.69, 9.17) is 10.5 Å². The second-order valence-corrected chi connectivity index (χ2v) is 5.60. The average Bonchev–Trinajstić information content (AvgIpc) is 2.55. The molecule has 0 radical (unpaired) electrons. The first-order valence-electron chi connectivity index (χ1n) is 7.56. The molecule has 0 aromatic heterocycles. The van der Waals surface area contributed by atoms with Crippen LogP contribution in [-0.4, -0.2) is 38.2 Å². The van der Waals surface area contributed by atoms with E-state index in [1.54, 1.807) is 0 Å². The number of carbonyl (C=O) groups excluding carboxylic acids is 2. The second kappa shape index (κ2) is 7.79. The summed E-state index contributed by atoms with van der Waals surface area (Å²) in [6.07, 6.45) is 1.86. The van der Waals surface area contributed by atoms with Crippen LogP contribution in [0.25, 0.3) is 0 Å². The van der Waals surface area contributed by atoms with Gasteiger partial charge in [0.05, 0.1) is 5.41 Å². The van der Waals surface area contributed by atoms with Gasteiger partial charge in [0.2, 0.25) is 5.91 Å². The maximum absolute atomic E-state index is 11.8. The normalized spacial score (nSPS) is 16.7. The molecule has 0 spiro atoms. The van der Waals surface area contributed by atoms with E-state index in [9.17, 15) is 9.59 Å². The SMILES string of the molecule is NC(=O)C1(CNC(=O)NCCc2ccccc2)CCOCC1. The van der Waals surface area contributed by atoms with Crippen LogP contribution in [0.4, 0.5) is 4.79 Å². The van der Waals surface area contributed by atoms with Crippen LogP contribution in [0.5, 0.6) is 0 Å². The van der Waals surface area contributed by atoms with Crippen molar-refractivity contribution in [1.29, 1.82) is 0 Å². The van der Waals surface area contributed by atoms with Crippen molar-refractivity contribution in [3.05, 3.63) is 35.9 Å². The van der Waals surface area contributed by atoms with E-state index in [0.29, 0.717) is 32.6 Å². The topological polar surface area (TPSA) is 93.5 Å². The number of hydrogen-bond acceptors (Lipinski definition) is 3. The van der Waals surface area contributed by atoms with Gasteiger partial charge in [-0.15, -0.1) is 0 Å². The summed E-state index contributed by atoms with van der Waals surface area (Å²) in [5, 5.41) is 5.55. The molecule has 2 rings (SSSR count). The third-order valence-corrected chi connectivity index (χ3v) is 4.10. The van der Waals surface area contributed by atoms with Gasteiger partial charge in [-0.1, -0.05) is 30.3 Å². The first-order chi connectivity index (χ1) is 10.6. The van der Waals surface area contributed by atoms with Gasteiger partial charge in [-0.25, -0.2) is 4.79 Å². The van der Waals surface area contributed by atoms with Crippen molar-refractivity contribution in [1.82, 2.24) is 10.6 Å². The minimum Gasteiger partial charge on any atom is -0.381 e. The predicted octanol–water partition coefficient (Wildman–Crippen LogP) is 0.810. The number of amides is 3. The fourth-order valence-electron chi connectivity index (χ4n) is 2.55. The molecule has 0 aliphatic carbocycles. The van der Waals surface area contributed by atoms with E-state index in [1.807, 2.05) is 30.3 Å². The highest BCUT2D eigenvalue weighted by molar-refractivity contribution is 5.82. The molecule has 6 heteroatoms. The summed E-state index contributed by atoms with van der Waals surface area (Å²) in [6, 6.07) is 9.66. The van der Waals surface area contributed by atoms with Crippen LogP contribution in [0.1, 0.15) is 18.4 Å². The van der Waals surface area contributed by atoms with Crippen LogP contribution in [0.15, 0.2) is 30.3 Å². The third kappa shape index (κ3) is 4.46. The molecule has 120 valence electrons. The second-order valence-electron chi connectivity index (χ2n) is 5.60. The van der Waals surface area contributed by atoms with Gasteiger partial charge in [-0.05, 0) is 24.8 Å². The molecular formula is C16H23N3O3. The van der Waals surface area contributed by atoms with Crippen molar-refractivity contribution < 1.29 is 14.3 Å².